The van der Waals surface area contributed by atoms with Gasteiger partial charge in [-0.2, -0.15) is 5.10 Å². The fourth-order valence-electron chi connectivity index (χ4n) is 3.25. The monoisotopic (exact) mass is 373 g/mol. The fourth-order valence-corrected chi connectivity index (χ4v) is 3.25. The molecule has 3 heterocycles. The maximum absolute atomic E-state index is 12.9. The molecule has 3 N–H and O–H groups in total. The quantitative estimate of drug-likeness (QED) is 0.498. The van der Waals surface area contributed by atoms with E-state index in [-0.39, 0.29) is 5.91 Å². The third kappa shape index (κ3) is 2.98. The van der Waals surface area contributed by atoms with Crippen LogP contribution in [0.2, 0.25) is 0 Å². The summed E-state index contributed by atoms with van der Waals surface area (Å²) in [6.07, 6.45) is 9.20. The Bertz CT molecular complexity index is 1160. The van der Waals surface area contributed by atoms with Gasteiger partial charge in [-0.3, -0.25) is 4.79 Å². The summed E-state index contributed by atoms with van der Waals surface area (Å²) in [7, 11) is 1.83. The lowest BCUT2D eigenvalue weighted by atomic mass is 10.1. The van der Waals surface area contributed by atoms with E-state index >= 15 is 0 Å². The summed E-state index contributed by atoms with van der Waals surface area (Å²) in [6, 6.07) is 7.70. The highest BCUT2D eigenvalue weighted by Gasteiger charge is 2.26. The average molecular weight is 373 g/mol. The van der Waals surface area contributed by atoms with Crippen LogP contribution in [-0.2, 0) is 0 Å². The number of aromatic amines is 1. The van der Waals surface area contributed by atoms with Crippen LogP contribution in [0, 0.1) is 0 Å². The summed E-state index contributed by atoms with van der Waals surface area (Å²) in [4.78, 5) is 25.0. The van der Waals surface area contributed by atoms with E-state index in [0.29, 0.717) is 22.8 Å². The molecule has 1 aliphatic rings. The summed E-state index contributed by atoms with van der Waals surface area (Å²) < 4.78 is 1.64. The number of carbonyl (C=O) groups is 1. The van der Waals surface area contributed by atoms with Gasteiger partial charge in [0.2, 0.25) is 0 Å². The lowest BCUT2D eigenvalue weighted by molar-refractivity contribution is 0.102. The summed E-state index contributed by atoms with van der Waals surface area (Å²) in [6.45, 7) is 0. The van der Waals surface area contributed by atoms with Gasteiger partial charge in [0.05, 0.1) is 6.20 Å². The van der Waals surface area contributed by atoms with Crippen molar-refractivity contribution >= 4 is 22.9 Å². The molecule has 1 amide bonds. The number of hydrogen-bond acceptors (Lipinski definition) is 5. The van der Waals surface area contributed by atoms with Gasteiger partial charge in [0.15, 0.2) is 5.65 Å². The van der Waals surface area contributed by atoms with Crippen LogP contribution in [0.15, 0.2) is 49.1 Å². The van der Waals surface area contributed by atoms with Crippen LogP contribution < -0.4 is 10.6 Å². The molecule has 0 aliphatic heterocycles. The van der Waals surface area contributed by atoms with Gasteiger partial charge in [0.25, 0.3) is 5.91 Å². The van der Waals surface area contributed by atoms with Crippen molar-refractivity contribution in [3.8, 4) is 11.4 Å². The van der Waals surface area contributed by atoms with Gasteiger partial charge < -0.3 is 15.6 Å². The van der Waals surface area contributed by atoms with Crippen LogP contribution in [0.3, 0.4) is 0 Å². The minimum Gasteiger partial charge on any atom is -0.388 e. The maximum Gasteiger partial charge on any atom is 0.261 e. The summed E-state index contributed by atoms with van der Waals surface area (Å²) in [5, 5.41) is 10.3. The first-order chi connectivity index (χ1) is 13.7. The van der Waals surface area contributed by atoms with E-state index in [1.54, 1.807) is 23.1 Å². The number of nitrogens with zero attached hydrogens (tertiary/aromatic N) is 4. The Hall–Kier alpha value is -3.68. The molecule has 0 bridgehead atoms. The van der Waals surface area contributed by atoms with Crippen LogP contribution in [-0.4, -0.2) is 37.5 Å². The number of carbonyl (C=O) groups excluding carboxylic acids is 1. The summed E-state index contributed by atoms with van der Waals surface area (Å²) in [5.41, 5.74) is 4.48. The molecular formula is C20H19N7O. The molecule has 0 saturated heterocycles. The molecule has 0 spiro atoms. The summed E-state index contributed by atoms with van der Waals surface area (Å²) in [5.74, 6) is 1.01. The zero-order valence-electron chi connectivity index (χ0n) is 15.3. The van der Waals surface area contributed by atoms with Crippen molar-refractivity contribution < 1.29 is 4.79 Å². The second-order valence-corrected chi connectivity index (χ2v) is 6.89. The van der Waals surface area contributed by atoms with Crippen LogP contribution >= 0.6 is 0 Å². The lowest BCUT2D eigenvalue weighted by Crippen LogP contribution is -2.12. The highest BCUT2D eigenvalue weighted by Crippen LogP contribution is 2.39. The number of anilines is 2. The number of H-pyrrole nitrogens is 1. The van der Waals surface area contributed by atoms with Gasteiger partial charge in [-0.15, -0.1) is 0 Å². The number of amides is 1. The topological polar surface area (TPSA) is 100 Å². The van der Waals surface area contributed by atoms with E-state index in [1.807, 2.05) is 37.5 Å². The second kappa shape index (κ2) is 6.49. The van der Waals surface area contributed by atoms with Crippen molar-refractivity contribution in [3.63, 3.8) is 0 Å². The number of imidazole rings is 1. The Morgan fingerprint density at radius 1 is 1.25 bits per heavy atom. The Labute approximate surface area is 161 Å². The SMILES string of the molecule is CNc1cc(NC(=O)c2cnn3ccc(C4CC4)nc23)cc(-c2ncc[nH]2)c1. The number of fused-ring (bicyclic) bond motifs is 1. The molecule has 8 heteroatoms. The number of benzene rings is 1. The molecule has 3 aromatic heterocycles. The zero-order valence-corrected chi connectivity index (χ0v) is 15.3. The van der Waals surface area contributed by atoms with Gasteiger partial charge in [0.1, 0.15) is 11.4 Å². The van der Waals surface area contributed by atoms with Crippen molar-refractivity contribution in [3.05, 3.63) is 60.3 Å². The molecule has 28 heavy (non-hydrogen) atoms. The molecule has 140 valence electrons. The molecule has 0 unspecified atom stereocenters. The first-order valence-corrected chi connectivity index (χ1v) is 9.19. The zero-order chi connectivity index (χ0) is 19.1. The fraction of sp³-hybridized carbons (Fsp3) is 0.200. The average Bonchev–Trinajstić information content (AvgIpc) is 3.25. The lowest BCUT2D eigenvalue weighted by Gasteiger charge is -2.10. The van der Waals surface area contributed by atoms with Gasteiger partial charge in [-0.05, 0) is 37.1 Å². The normalized spacial score (nSPS) is 13.6. The first-order valence-electron chi connectivity index (χ1n) is 9.19. The van der Waals surface area contributed by atoms with E-state index in [4.69, 9.17) is 0 Å². The highest BCUT2D eigenvalue weighted by atomic mass is 16.1. The minimum absolute atomic E-state index is 0.242. The Kier molecular flexibility index (Phi) is 3.82. The summed E-state index contributed by atoms with van der Waals surface area (Å²) >= 11 is 0. The third-order valence-corrected chi connectivity index (χ3v) is 4.88. The van der Waals surface area contributed by atoms with Gasteiger partial charge in [-0.1, -0.05) is 0 Å². The van der Waals surface area contributed by atoms with Gasteiger partial charge >= 0.3 is 0 Å². The smallest absolute Gasteiger partial charge is 0.261 e. The van der Waals surface area contributed by atoms with Crippen LogP contribution in [0.1, 0.15) is 34.8 Å². The number of nitrogens with one attached hydrogen (secondary N) is 3. The standard InChI is InChI=1S/C20H19N7O/c1-21-14-8-13(18-22-5-6-23-18)9-15(10-14)25-20(28)16-11-24-27-7-4-17(12-2-3-12)26-19(16)27/h4-12,21H,2-3H2,1H3,(H,22,23)(H,25,28). The number of aromatic nitrogens is 5. The van der Waals surface area contributed by atoms with Crippen LogP contribution in [0.4, 0.5) is 11.4 Å². The van der Waals surface area contributed by atoms with Crippen molar-refractivity contribution in [1.29, 1.82) is 0 Å². The van der Waals surface area contributed by atoms with Gasteiger partial charge in [0, 0.05) is 54.2 Å². The largest absolute Gasteiger partial charge is 0.388 e. The predicted octanol–water partition coefficient (Wildman–Crippen LogP) is 3.29. The van der Waals surface area contributed by atoms with Gasteiger partial charge in [-0.25, -0.2) is 14.5 Å². The molecule has 8 nitrogen and oxygen atoms in total. The molecule has 0 radical (unpaired) electrons. The third-order valence-electron chi connectivity index (χ3n) is 4.88. The van der Waals surface area contributed by atoms with E-state index in [9.17, 15) is 4.79 Å². The van der Waals surface area contributed by atoms with E-state index in [2.05, 4.69) is 30.7 Å². The minimum atomic E-state index is -0.242. The molecule has 1 aromatic carbocycles. The molecule has 1 saturated carbocycles. The van der Waals surface area contributed by atoms with Crippen LogP contribution in [0.5, 0.6) is 0 Å². The molecule has 0 atom stereocenters. The molecule has 4 aromatic rings. The van der Waals surface area contributed by atoms with Crippen LogP contribution in [0.25, 0.3) is 17.0 Å². The first kappa shape index (κ1) is 16.5. The van der Waals surface area contributed by atoms with E-state index in [0.717, 1.165) is 35.6 Å². The number of rotatable bonds is 5. The Balaban J connectivity index is 1.48. The number of hydrogen-bond donors (Lipinski definition) is 3. The molecule has 1 fully saturated rings. The predicted molar refractivity (Wildman–Crippen MR) is 106 cm³/mol. The Morgan fingerprint density at radius 2 is 2.11 bits per heavy atom. The van der Waals surface area contributed by atoms with Crippen molar-refractivity contribution in [1.82, 2.24) is 24.6 Å². The highest BCUT2D eigenvalue weighted by molar-refractivity contribution is 6.08. The Morgan fingerprint density at radius 3 is 2.86 bits per heavy atom. The molecular weight excluding hydrogens is 354 g/mol. The van der Waals surface area contributed by atoms with E-state index < -0.39 is 0 Å². The van der Waals surface area contributed by atoms with Crippen molar-refractivity contribution in [2.24, 2.45) is 0 Å². The molecule has 1 aliphatic carbocycles. The van der Waals surface area contributed by atoms with Crippen molar-refractivity contribution in [2.75, 3.05) is 17.7 Å². The molecule has 5 rings (SSSR count). The van der Waals surface area contributed by atoms with Crippen molar-refractivity contribution in [2.45, 2.75) is 18.8 Å². The van der Waals surface area contributed by atoms with E-state index in [1.165, 1.54) is 0 Å². The maximum atomic E-state index is 12.9. The second-order valence-electron chi connectivity index (χ2n) is 6.89.